The molecule has 1 aromatic rings. The Hall–Kier alpha value is -1.40. The highest BCUT2D eigenvalue weighted by atomic mass is 32.2. The molecule has 0 aliphatic heterocycles. The van der Waals surface area contributed by atoms with E-state index in [4.69, 9.17) is 0 Å². The molecule has 0 bridgehead atoms. The van der Waals surface area contributed by atoms with Crippen LogP contribution < -0.4 is 4.72 Å². The summed E-state index contributed by atoms with van der Waals surface area (Å²) in [7, 11) is -2.12. The minimum Gasteiger partial charge on any atom is -0.469 e. The van der Waals surface area contributed by atoms with Gasteiger partial charge in [0.05, 0.1) is 12.9 Å². The first-order valence-electron chi connectivity index (χ1n) is 7.10. The van der Waals surface area contributed by atoms with Crippen molar-refractivity contribution >= 4 is 16.0 Å². The molecule has 0 radical (unpaired) electrons. The van der Waals surface area contributed by atoms with Gasteiger partial charge in [-0.2, -0.15) is 0 Å². The van der Waals surface area contributed by atoms with Gasteiger partial charge >= 0.3 is 5.97 Å². The lowest BCUT2D eigenvalue weighted by atomic mass is 10.0. The second-order valence-electron chi connectivity index (χ2n) is 4.87. The lowest BCUT2D eigenvalue weighted by molar-refractivity contribution is -0.140. The van der Waals surface area contributed by atoms with Crippen molar-refractivity contribution in [2.24, 2.45) is 0 Å². The molecule has 1 unspecified atom stereocenters. The van der Waals surface area contributed by atoms with E-state index in [-0.39, 0.29) is 24.6 Å². The average Bonchev–Trinajstić information content (AvgIpc) is 2.47. The zero-order chi connectivity index (χ0) is 15.7. The Bertz CT molecular complexity index is 528. The second kappa shape index (κ2) is 8.79. The molecule has 118 valence electrons. The van der Waals surface area contributed by atoms with Crippen molar-refractivity contribution < 1.29 is 17.9 Å². The highest BCUT2D eigenvalue weighted by Crippen LogP contribution is 2.19. The Balaban J connectivity index is 2.63. The normalized spacial score (nSPS) is 12.9. The molecule has 0 aromatic heterocycles. The van der Waals surface area contributed by atoms with Gasteiger partial charge in [-0.3, -0.25) is 4.79 Å². The summed E-state index contributed by atoms with van der Waals surface area (Å²) in [4.78, 5) is 11.0. The van der Waals surface area contributed by atoms with Gasteiger partial charge in [0, 0.05) is 12.5 Å². The molecule has 5 nitrogen and oxygen atoms in total. The Labute approximate surface area is 126 Å². The number of methoxy groups -OCH3 is 1. The summed E-state index contributed by atoms with van der Waals surface area (Å²) in [5.74, 6) is -0.465. The third kappa shape index (κ3) is 6.73. The number of esters is 1. The number of benzene rings is 1. The van der Waals surface area contributed by atoms with Crippen molar-refractivity contribution in [1.29, 1.82) is 0 Å². The van der Waals surface area contributed by atoms with E-state index in [1.807, 2.05) is 37.3 Å². The molecule has 1 atom stereocenters. The Morgan fingerprint density at radius 1 is 1.29 bits per heavy atom. The number of ether oxygens (including phenoxy) is 1. The van der Waals surface area contributed by atoms with Gasteiger partial charge in [0.25, 0.3) is 0 Å². The van der Waals surface area contributed by atoms with Crippen LogP contribution in [0.15, 0.2) is 30.3 Å². The summed E-state index contributed by atoms with van der Waals surface area (Å²) in [6, 6.07) is 9.29. The largest absolute Gasteiger partial charge is 0.469 e. The SMILES string of the molecule is CCCC(NS(=O)(=O)CCCC(=O)OC)c1ccccc1. The molecule has 0 aliphatic rings. The molecule has 1 aromatic carbocycles. The average molecular weight is 313 g/mol. The van der Waals surface area contributed by atoms with E-state index >= 15 is 0 Å². The van der Waals surface area contributed by atoms with Gasteiger partial charge < -0.3 is 4.74 Å². The van der Waals surface area contributed by atoms with E-state index < -0.39 is 16.0 Å². The predicted octanol–water partition coefficient (Wildman–Crippen LogP) is 2.40. The molecule has 0 saturated carbocycles. The summed E-state index contributed by atoms with van der Waals surface area (Å²) in [5.41, 5.74) is 0.955. The summed E-state index contributed by atoms with van der Waals surface area (Å²) in [6.07, 6.45) is 1.99. The third-order valence-electron chi connectivity index (χ3n) is 3.12. The van der Waals surface area contributed by atoms with E-state index in [1.54, 1.807) is 0 Å². The molecular formula is C15H23NO4S. The first kappa shape index (κ1) is 17.7. The number of carbonyl (C=O) groups is 1. The monoisotopic (exact) mass is 313 g/mol. The molecular weight excluding hydrogens is 290 g/mol. The quantitative estimate of drug-likeness (QED) is 0.711. The maximum Gasteiger partial charge on any atom is 0.305 e. The Morgan fingerprint density at radius 3 is 2.52 bits per heavy atom. The zero-order valence-corrected chi connectivity index (χ0v) is 13.4. The van der Waals surface area contributed by atoms with Crippen molar-refractivity contribution in [1.82, 2.24) is 4.72 Å². The molecule has 0 heterocycles. The van der Waals surface area contributed by atoms with Crippen LogP contribution in [0.4, 0.5) is 0 Å². The maximum atomic E-state index is 12.1. The standard InChI is InChI=1S/C15H23NO4S/c1-3-8-14(13-9-5-4-6-10-13)16-21(18,19)12-7-11-15(17)20-2/h4-6,9-10,14,16H,3,7-8,11-12H2,1-2H3. The fourth-order valence-corrected chi connectivity index (χ4v) is 3.38. The second-order valence-corrected chi connectivity index (χ2v) is 6.74. The van der Waals surface area contributed by atoms with Gasteiger partial charge in [0.15, 0.2) is 0 Å². The number of hydrogen-bond acceptors (Lipinski definition) is 4. The third-order valence-corrected chi connectivity index (χ3v) is 4.59. The molecule has 0 fully saturated rings. The Morgan fingerprint density at radius 2 is 1.95 bits per heavy atom. The van der Waals surface area contributed by atoms with Crippen LogP contribution in [-0.2, 0) is 19.6 Å². The minimum atomic E-state index is -3.41. The number of hydrogen-bond donors (Lipinski definition) is 1. The van der Waals surface area contributed by atoms with Crippen LogP contribution in [0.5, 0.6) is 0 Å². The van der Waals surface area contributed by atoms with Crippen LogP contribution in [0.3, 0.4) is 0 Å². The molecule has 0 spiro atoms. The van der Waals surface area contributed by atoms with Gasteiger partial charge in [-0.05, 0) is 18.4 Å². The molecule has 6 heteroatoms. The number of sulfonamides is 1. The highest BCUT2D eigenvalue weighted by Gasteiger charge is 2.19. The topological polar surface area (TPSA) is 72.5 Å². The van der Waals surface area contributed by atoms with E-state index in [2.05, 4.69) is 9.46 Å². The van der Waals surface area contributed by atoms with E-state index in [0.29, 0.717) is 0 Å². The molecule has 0 saturated heterocycles. The molecule has 0 amide bonds. The molecule has 21 heavy (non-hydrogen) atoms. The highest BCUT2D eigenvalue weighted by molar-refractivity contribution is 7.89. The lowest BCUT2D eigenvalue weighted by Crippen LogP contribution is -2.31. The maximum absolute atomic E-state index is 12.1. The first-order valence-corrected chi connectivity index (χ1v) is 8.75. The molecule has 1 rings (SSSR count). The first-order chi connectivity index (χ1) is 9.98. The zero-order valence-electron chi connectivity index (χ0n) is 12.5. The van der Waals surface area contributed by atoms with Crippen molar-refractivity contribution in [2.75, 3.05) is 12.9 Å². The van der Waals surface area contributed by atoms with E-state index in [9.17, 15) is 13.2 Å². The fraction of sp³-hybridized carbons (Fsp3) is 0.533. The lowest BCUT2D eigenvalue weighted by Gasteiger charge is -2.18. The number of carbonyl (C=O) groups excluding carboxylic acids is 1. The summed E-state index contributed by atoms with van der Waals surface area (Å²) >= 11 is 0. The van der Waals surface area contributed by atoms with Crippen LogP contribution in [0.1, 0.15) is 44.2 Å². The summed E-state index contributed by atoms with van der Waals surface area (Å²) in [6.45, 7) is 2.02. The van der Waals surface area contributed by atoms with Gasteiger partial charge in [0.1, 0.15) is 0 Å². The van der Waals surface area contributed by atoms with Gasteiger partial charge in [-0.25, -0.2) is 13.1 Å². The van der Waals surface area contributed by atoms with Gasteiger partial charge in [-0.15, -0.1) is 0 Å². The molecule has 1 N–H and O–H groups in total. The smallest absolute Gasteiger partial charge is 0.305 e. The van der Waals surface area contributed by atoms with E-state index in [0.717, 1.165) is 18.4 Å². The summed E-state index contributed by atoms with van der Waals surface area (Å²) in [5, 5.41) is 0. The van der Waals surface area contributed by atoms with Crippen LogP contribution in [-0.4, -0.2) is 27.2 Å². The van der Waals surface area contributed by atoms with Crippen LogP contribution in [0, 0.1) is 0 Å². The minimum absolute atomic E-state index is 0.0743. The summed E-state index contributed by atoms with van der Waals surface area (Å²) < 4.78 is 31.4. The Kier molecular flexibility index (Phi) is 7.39. The van der Waals surface area contributed by atoms with Gasteiger partial charge in [-0.1, -0.05) is 43.7 Å². The van der Waals surface area contributed by atoms with Crippen LogP contribution in [0.25, 0.3) is 0 Å². The van der Waals surface area contributed by atoms with Gasteiger partial charge in [0.2, 0.25) is 10.0 Å². The van der Waals surface area contributed by atoms with Crippen LogP contribution in [0.2, 0.25) is 0 Å². The predicted molar refractivity (Wildman–Crippen MR) is 82.3 cm³/mol. The van der Waals surface area contributed by atoms with Crippen molar-refractivity contribution in [3.63, 3.8) is 0 Å². The van der Waals surface area contributed by atoms with E-state index in [1.165, 1.54) is 7.11 Å². The molecule has 0 aliphatic carbocycles. The van der Waals surface area contributed by atoms with Crippen molar-refractivity contribution in [2.45, 2.75) is 38.6 Å². The fourth-order valence-electron chi connectivity index (χ4n) is 2.05. The number of rotatable bonds is 9. The number of nitrogens with one attached hydrogen (secondary N) is 1. The van der Waals surface area contributed by atoms with Crippen molar-refractivity contribution in [3.8, 4) is 0 Å². The van der Waals surface area contributed by atoms with Crippen molar-refractivity contribution in [3.05, 3.63) is 35.9 Å². The van der Waals surface area contributed by atoms with Crippen LogP contribution >= 0.6 is 0 Å².